The van der Waals surface area contributed by atoms with Crippen molar-refractivity contribution in [3.63, 3.8) is 0 Å². The molecule has 1 aromatic carbocycles. The minimum atomic E-state index is -0.928. The summed E-state index contributed by atoms with van der Waals surface area (Å²) in [6, 6.07) is 4.33. The van der Waals surface area contributed by atoms with Gasteiger partial charge in [0.05, 0.1) is 37.5 Å². The number of carbonyl (C=O) groups is 2. The van der Waals surface area contributed by atoms with Crippen LogP contribution >= 0.6 is 0 Å². The van der Waals surface area contributed by atoms with E-state index in [0.717, 1.165) is 0 Å². The van der Waals surface area contributed by atoms with Gasteiger partial charge >= 0.3 is 11.9 Å². The maximum atomic E-state index is 12.6. The first-order valence-corrected chi connectivity index (χ1v) is 8.88. The number of aryl methyl sites for hydroxylation is 1. The Kier molecular flexibility index (Phi) is 7.53. The first-order chi connectivity index (χ1) is 13.5. The average Bonchev–Trinajstić information content (AvgIpc) is 2.68. The second-order valence-corrected chi connectivity index (χ2v) is 5.70. The van der Waals surface area contributed by atoms with E-state index < -0.39 is 28.8 Å². The van der Waals surface area contributed by atoms with Gasteiger partial charge in [-0.1, -0.05) is 0 Å². The topological polar surface area (TPSA) is 124 Å². The molecule has 0 aliphatic heterocycles. The number of aromatic hydroxyl groups is 1. The van der Waals surface area contributed by atoms with Crippen LogP contribution in [-0.2, 0) is 20.8 Å². The van der Waals surface area contributed by atoms with Crippen molar-refractivity contribution < 1.29 is 34.0 Å². The van der Waals surface area contributed by atoms with Crippen LogP contribution in [0.15, 0.2) is 23.0 Å². The zero-order valence-electron chi connectivity index (χ0n) is 15.8. The maximum absolute atomic E-state index is 12.6. The average molecular weight is 393 g/mol. The number of hydrogen-bond acceptors (Lipinski definition) is 8. The first-order valence-electron chi connectivity index (χ1n) is 8.88. The van der Waals surface area contributed by atoms with Crippen molar-refractivity contribution in [3.8, 4) is 5.75 Å². The minimum Gasteiger partial charge on any atom is -0.506 e. The summed E-state index contributed by atoms with van der Waals surface area (Å²) in [5, 5.41) is 19.3. The SMILES string of the molecule is CCOC(=O)c1c(O)c2cc(C(=O)OCCOCCO)ccc2n(CC)c1=O. The lowest BCUT2D eigenvalue weighted by Gasteiger charge is -2.14. The Morgan fingerprint density at radius 1 is 1.07 bits per heavy atom. The monoisotopic (exact) mass is 393 g/mol. The van der Waals surface area contributed by atoms with E-state index in [-0.39, 0.29) is 50.5 Å². The third-order valence-corrected chi connectivity index (χ3v) is 3.97. The zero-order valence-corrected chi connectivity index (χ0v) is 15.8. The Hall–Kier alpha value is -2.91. The molecule has 0 aliphatic rings. The normalized spacial score (nSPS) is 10.8. The Labute approximate surface area is 161 Å². The molecule has 0 fully saturated rings. The van der Waals surface area contributed by atoms with Gasteiger partial charge < -0.3 is 29.0 Å². The number of rotatable bonds is 9. The molecule has 0 saturated heterocycles. The minimum absolute atomic E-state index is 0.00855. The van der Waals surface area contributed by atoms with E-state index in [1.165, 1.54) is 22.8 Å². The molecular formula is C19H23NO8. The number of fused-ring (bicyclic) bond motifs is 1. The number of aliphatic hydroxyl groups is 1. The van der Waals surface area contributed by atoms with Crippen molar-refractivity contribution >= 4 is 22.8 Å². The van der Waals surface area contributed by atoms with E-state index in [9.17, 15) is 19.5 Å². The molecule has 0 spiro atoms. The van der Waals surface area contributed by atoms with E-state index in [1.54, 1.807) is 13.8 Å². The van der Waals surface area contributed by atoms with Gasteiger partial charge in [0.2, 0.25) is 0 Å². The summed E-state index contributed by atoms with van der Waals surface area (Å²) in [6.07, 6.45) is 0. The standard InChI is InChI=1S/C19H23NO8/c1-3-20-14-6-5-12(18(24)28-10-9-26-8-7-21)11-13(14)16(22)15(17(20)23)19(25)27-4-2/h5-6,11,21-22H,3-4,7-10H2,1-2H3. The number of carbonyl (C=O) groups excluding carboxylic acids is 2. The number of nitrogens with zero attached hydrogens (tertiary/aromatic N) is 1. The Bertz CT molecular complexity index is 918. The molecule has 2 rings (SSSR count). The summed E-state index contributed by atoms with van der Waals surface area (Å²) >= 11 is 0. The highest BCUT2D eigenvalue weighted by atomic mass is 16.6. The Balaban J connectivity index is 2.42. The van der Waals surface area contributed by atoms with Crippen LogP contribution in [-0.4, -0.2) is 59.8 Å². The summed E-state index contributed by atoms with van der Waals surface area (Å²) in [5.41, 5.74) is -0.622. The predicted molar refractivity (Wildman–Crippen MR) is 99.7 cm³/mol. The van der Waals surface area contributed by atoms with Gasteiger partial charge in [0, 0.05) is 11.9 Å². The van der Waals surface area contributed by atoms with Gasteiger partial charge in [-0.2, -0.15) is 0 Å². The van der Waals surface area contributed by atoms with Crippen molar-refractivity contribution in [2.24, 2.45) is 0 Å². The lowest BCUT2D eigenvalue weighted by atomic mass is 10.1. The van der Waals surface area contributed by atoms with Gasteiger partial charge in [-0.15, -0.1) is 0 Å². The molecule has 0 aliphatic carbocycles. The molecule has 152 valence electrons. The number of benzene rings is 1. The summed E-state index contributed by atoms with van der Waals surface area (Å²) in [5.74, 6) is -2.12. The Morgan fingerprint density at radius 3 is 2.46 bits per heavy atom. The second kappa shape index (κ2) is 9.86. The van der Waals surface area contributed by atoms with Crippen LogP contribution in [0.4, 0.5) is 0 Å². The zero-order chi connectivity index (χ0) is 20.7. The van der Waals surface area contributed by atoms with Crippen molar-refractivity contribution in [1.29, 1.82) is 0 Å². The van der Waals surface area contributed by atoms with Crippen molar-refractivity contribution in [3.05, 3.63) is 39.7 Å². The quantitative estimate of drug-likeness (QED) is 0.479. The Morgan fingerprint density at radius 2 is 1.82 bits per heavy atom. The van der Waals surface area contributed by atoms with Crippen LogP contribution in [0.5, 0.6) is 5.75 Å². The van der Waals surface area contributed by atoms with E-state index in [1.807, 2.05) is 0 Å². The summed E-state index contributed by atoms with van der Waals surface area (Å²) in [6.45, 7) is 3.76. The molecular weight excluding hydrogens is 370 g/mol. The van der Waals surface area contributed by atoms with E-state index in [0.29, 0.717) is 5.52 Å². The fourth-order valence-corrected chi connectivity index (χ4v) is 2.71. The summed E-state index contributed by atoms with van der Waals surface area (Å²) in [7, 11) is 0. The fraction of sp³-hybridized carbons (Fsp3) is 0.421. The molecule has 0 radical (unpaired) electrons. The largest absolute Gasteiger partial charge is 0.506 e. The van der Waals surface area contributed by atoms with Gasteiger partial charge in [-0.25, -0.2) is 9.59 Å². The number of esters is 2. The maximum Gasteiger partial charge on any atom is 0.347 e. The smallest absolute Gasteiger partial charge is 0.347 e. The number of aliphatic hydroxyl groups excluding tert-OH is 1. The molecule has 0 atom stereocenters. The van der Waals surface area contributed by atoms with E-state index in [4.69, 9.17) is 19.3 Å². The molecule has 28 heavy (non-hydrogen) atoms. The van der Waals surface area contributed by atoms with Crippen molar-refractivity contribution in [1.82, 2.24) is 4.57 Å². The number of aromatic nitrogens is 1. The third kappa shape index (κ3) is 4.49. The number of pyridine rings is 1. The van der Waals surface area contributed by atoms with Gasteiger partial charge in [-0.3, -0.25) is 4.79 Å². The molecule has 9 nitrogen and oxygen atoms in total. The molecule has 0 saturated carbocycles. The van der Waals surface area contributed by atoms with Crippen molar-refractivity contribution in [2.45, 2.75) is 20.4 Å². The van der Waals surface area contributed by atoms with Gasteiger partial charge in [0.25, 0.3) is 5.56 Å². The van der Waals surface area contributed by atoms with E-state index >= 15 is 0 Å². The van der Waals surface area contributed by atoms with Crippen LogP contribution in [0.25, 0.3) is 10.9 Å². The highest BCUT2D eigenvalue weighted by Gasteiger charge is 2.23. The molecule has 0 amide bonds. The molecule has 0 bridgehead atoms. The molecule has 2 N–H and O–H groups in total. The number of ether oxygens (including phenoxy) is 3. The summed E-state index contributed by atoms with van der Waals surface area (Å²) < 4.78 is 16.3. The highest BCUT2D eigenvalue weighted by Crippen LogP contribution is 2.28. The fourth-order valence-electron chi connectivity index (χ4n) is 2.71. The molecule has 9 heteroatoms. The molecule has 0 unspecified atom stereocenters. The summed E-state index contributed by atoms with van der Waals surface area (Å²) in [4.78, 5) is 36.9. The molecule has 1 aromatic heterocycles. The molecule has 2 aromatic rings. The number of hydrogen-bond donors (Lipinski definition) is 2. The van der Waals surface area contributed by atoms with Gasteiger partial charge in [0.1, 0.15) is 12.4 Å². The van der Waals surface area contributed by atoms with Crippen LogP contribution in [0.3, 0.4) is 0 Å². The first kappa shape index (κ1) is 21.4. The van der Waals surface area contributed by atoms with E-state index in [2.05, 4.69) is 0 Å². The van der Waals surface area contributed by atoms with Gasteiger partial charge in [0.15, 0.2) is 5.56 Å². The van der Waals surface area contributed by atoms with Crippen LogP contribution in [0.2, 0.25) is 0 Å². The van der Waals surface area contributed by atoms with Gasteiger partial charge in [-0.05, 0) is 32.0 Å². The lowest BCUT2D eigenvalue weighted by molar-refractivity contribution is 0.0258. The van der Waals surface area contributed by atoms with Crippen LogP contribution < -0.4 is 5.56 Å². The highest BCUT2D eigenvalue weighted by molar-refractivity contribution is 6.02. The molecule has 1 heterocycles. The third-order valence-electron chi connectivity index (χ3n) is 3.97. The van der Waals surface area contributed by atoms with Crippen LogP contribution in [0, 0.1) is 0 Å². The predicted octanol–water partition coefficient (Wildman–Crippen LogP) is 1.07. The van der Waals surface area contributed by atoms with Crippen molar-refractivity contribution in [2.75, 3.05) is 33.0 Å². The van der Waals surface area contributed by atoms with Crippen LogP contribution in [0.1, 0.15) is 34.6 Å². The second-order valence-electron chi connectivity index (χ2n) is 5.70. The lowest BCUT2D eigenvalue weighted by Crippen LogP contribution is -2.27.